The van der Waals surface area contributed by atoms with Gasteiger partial charge in [0.1, 0.15) is 30.4 Å². The van der Waals surface area contributed by atoms with Gasteiger partial charge in [-0.15, -0.1) is 0 Å². The fraction of sp³-hybridized carbons (Fsp3) is 0.308. The minimum absolute atomic E-state index is 0.00910. The molecule has 1 saturated carbocycles. The van der Waals surface area contributed by atoms with Crippen LogP contribution in [0.25, 0.3) is 21.5 Å². The number of anilines is 1. The summed E-state index contributed by atoms with van der Waals surface area (Å²) in [5, 5.41) is 29.3. The molecule has 0 amide bonds. The number of allylic oxidation sites excluding steroid dienone is 6. The fourth-order valence-electron chi connectivity index (χ4n) is 9.29. The van der Waals surface area contributed by atoms with E-state index >= 15 is 0 Å². The number of fused-ring (bicyclic) bond motifs is 8. The van der Waals surface area contributed by atoms with Crippen molar-refractivity contribution < 1.29 is 85.7 Å². The smallest absolute Gasteiger partial charge is 0.210 e. The highest BCUT2D eigenvalue weighted by molar-refractivity contribution is 7.95. The zero-order valence-corrected chi connectivity index (χ0v) is 39.0. The van der Waals surface area contributed by atoms with Crippen LogP contribution in [0.4, 0.5) is 11.4 Å². The van der Waals surface area contributed by atoms with Crippen LogP contribution in [0.15, 0.2) is 104 Å². The fourth-order valence-corrected chi connectivity index (χ4v) is 12.6. The summed E-state index contributed by atoms with van der Waals surface area (Å²) in [6.45, 7) is 4.74. The summed E-state index contributed by atoms with van der Waals surface area (Å²) in [5.74, 6) is -1.63. The number of nitrogens with zero attached hydrogens (tertiary/aromatic N) is 2. The van der Waals surface area contributed by atoms with Crippen LogP contribution in [-0.4, -0.2) is 86.8 Å². The van der Waals surface area contributed by atoms with Gasteiger partial charge < -0.3 is 33.6 Å². The van der Waals surface area contributed by atoms with Crippen LogP contribution < -0.4 is 15.4 Å². The average molecular weight is 1010 g/mol. The molecule has 0 bridgehead atoms. The van der Waals surface area contributed by atoms with Crippen molar-refractivity contribution in [3.8, 4) is 0 Å². The van der Waals surface area contributed by atoms with Crippen LogP contribution >= 0.6 is 24.1 Å². The molecule has 4 aromatic rings. The van der Waals surface area contributed by atoms with Crippen molar-refractivity contribution in [2.75, 3.05) is 29.5 Å². The Morgan fingerprint density at radius 3 is 2.05 bits per heavy atom. The zero-order chi connectivity index (χ0) is 47.5. The molecule has 0 saturated heterocycles. The monoisotopic (exact) mass is 1010 g/mol. The number of rotatable bonds is 16. The highest BCUT2D eigenvalue weighted by atomic mass is 32.2. The molecule has 0 N–H and O–H groups in total. The van der Waals surface area contributed by atoms with Gasteiger partial charge in [0.15, 0.2) is 12.3 Å². The van der Waals surface area contributed by atoms with E-state index in [1.165, 1.54) is 18.2 Å². The molecule has 2 aliphatic heterocycles. The first-order valence-electron chi connectivity index (χ1n) is 19.1. The van der Waals surface area contributed by atoms with Gasteiger partial charge in [0.25, 0.3) is 0 Å². The summed E-state index contributed by atoms with van der Waals surface area (Å²) in [6, 6.07) is 10.9. The van der Waals surface area contributed by atoms with Gasteiger partial charge in [-0.3, -0.25) is 10.1 Å². The lowest BCUT2D eigenvalue weighted by molar-refractivity contribution is -0.777. The third kappa shape index (κ3) is 9.80. The van der Waals surface area contributed by atoms with Crippen LogP contribution in [0.3, 0.4) is 0 Å². The molecule has 7 rings (SSSR count). The number of benzene rings is 4. The lowest BCUT2D eigenvalue weighted by atomic mass is 9.67. The Morgan fingerprint density at radius 2 is 1.40 bits per heavy atom. The van der Waals surface area contributed by atoms with Crippen LogP contribution in [0.1, 0.15) is 51.2 Å². The van der Waals surface area contributed by atoms with E-state index in [-0.39, 0.29) is 39.0 Å². The quantitative estimate of drug-likeness (QED) is 0.0512. The van der Waals surface area contributed by atoms with Gasteiger partial charge in [0, 0.05) is 61.1 Å². The first kappa shape index (κ1) is 49.1. The van der Waals surface area contributed by atoms with Gasteiger partial charge in [-0.1, -0.05) is 38.1 Å². The molecule has 3 aliphatic rings. The maximum absolute atomic E-state index is 12.9. The van der Waals surface area contributed by atoms with Crippen LogP contribution in [0, 0.1) is 0 Å². The highest BCUT2D eigenvalue weighted by Crippen LogP contribution is 2.54. The molecule has 1 unspecified atom stereocenters. The van der Waals surface area contributed by atoms with E-state index in [9.17, 15) is 62.4 Å². The predicted molar refractivity (Wildman–Crippen MR) is 226 cm³/mol. The van der Waals surface area contributed by atoms with Crippen LogP contribution in [0.2, 0.25) is 0 Å². The molecular weight excluding hydrogens is 977 g/mol. The molecule has 4 aromatic carbocycles. The maximum atomic E-state index is 12.9. The van der Waals surface area contributed by atoms with Crippen LogP contribution in [0.5, 0.6) is 0 Å². The molecule has 0 aromatic heterocycles. The van der Waals surface area contributed by atoms with E-state index in [4.69, 9.17) is 0 Å². The highest BCUT2D eigenvalue weighted by Gasteiger charge is 2.53. The Morgan fingerprint density at radius 1 is 0.754 bits per heavy atom. The second-order valence-corrected chi connectivity index (χ2v) is 23.2. The normalized spacial score (nSPS) is 20.2. The SMILES string of the molecule is CC12CCC\C(=C/C=C/C=C3/N(CCS(=O)(=O)[O-])c4ccc5cc(S(=O)(=O)[O-])cc(SOO[O-])c5c4C3(C)C)C1=[N+](CCS(=O)(=O)[O-])c1ccc3cc(SOO[O-])cc(S(=O)(=O)[O-])c3c12. The molecule has 1 fully saturated rings. The van der Waals surface area contributed by atoms with Crippen molar-refractivity contribution in [2.24, 2.45) is 0 Å². The topological polar surface area (TPSA) is 318 Å². The van der Waals surface area contributed by atoms with Gasteiger partial charge in [-0.25, -0.2) is 33.7 Å². The molecule has 20 nitrogen and oxygen atoms in total. The Bertz CT molecular complexity index is 3220. The van der Waals surface area contributed by atoms with Crippen molar-refractivity contribution in [1.82, 2.24) is 0 Å². The Balaban J connectivity index is 1.37. The molecule has 65 heavy (non-hydrogen) atoms. The van der Waals surface area contributed by atoms with Gasteiger partial charge in [-0.05, 0) is 85.0 Å². The van der Waals surface area contributed by atoms with Gasteiger partial charge in [-0.2, -0.15) is 13.2 Å². The molecule has 26 heteroatoms. The minimum atomic E-state index is -5.19. The van der Waals surface area contributed by atoms with Gasteiger partial charge in [0.2, 0.25) is 5.69 Å². The molecule has 2 heterocycles. The van der Waals surface area contributed by atoms with Crippen molar-refractivity contribution >= 4 is 103 Å². The predicted octanol–water partition coefficient (Wildman–Crippen LogP) is 3.06. The van der Waals surface area contributed by atoms with E-state index in [2.05, 4.69) is 18.7 Å². The minimum Gasteiger partial charge on any atom is -0.748 e. The Labute approximate surface area is 382 Å². The number of hydrogen-bond acceptors (Lipinski definition) is 21. The summed E-state index contributed by atoms with van der Waals surface area (Å²) in [5.41, 5.74) is 1.29. The summed E-state index contributed by atoms with van der Waals surface area (Å²) in [7, 11) is -19.7. The van der Waals surface area contributed by atoms with Crippen molar-refractivity contribution in [1.29, 1.82) is 0 Å². The molecule has 1 aliphatic carbocycles. The van der Waals surface area contributed by atoms with Crippen molar-refractivity contribution in [3.63, 3.8) is 0 Å². The molecule has 0 spiro atoms. The van der Waals surface area contributed by atoms with E-state index in [1.807, 2.05) is 6.92 Å². The first-order valence-corrected chi connectivity index (χ1v) is 26.5. The van der Waals surface area contributed by atoms with E-state index in [0.717, 1.165) is 18.2 Å². The molecule has 0 radical (unpaired) electrons. The lowest BCUT2D eigenvalue weighted by Gasteiger charge is -2.31. The van der Waals surface area contributed by atoms with Gasteiger partial charge in [0.05, 0.1) is 60.9 Å². The summed E-state index contributed by atoms with van der Waals surface area (Å²) in [6.07, 6.45) is 8.08. The summed E-state index contributed by atoms with van der Waals surface area (Å²) < 4.78 is 157. The first-order chi connectivity index (χ1) is 30.3. The van der Waals surface area contributed by atoms with Crippen LogP contribution in [-0.2, 0) is 70.0 Å². The molecular formula is C39H35N2O18S6-5. The number of hydrogen-bond donors (Lipinski definition) is 0. The van der Waals surface area contributed by atoms with Crippen molar-refractivity contribution in [3.05, 3.63) is 95.2 Å². The largest absolute Gasteiger partial charge is 0.748 e. The van der Waals surface area contributed by atoms with Gasteiger partial charge >= 0.3 is 0 Å². The zero-order valence-electron chi connectivity index (χ0n) is 34.1. The standard InChI is InChI=1S/C39H40N2O18S6/c1-38(2)32(40(15-17-62(44,45)46)28-12-11-25-20-27(64(50,51)52)22-30(61-59-57-43)33(25)35(28)38)9-5-4-7-23-8-6-14-39(3)36-29(41(37(23)39)16-18-63(47,48)49)13-10-24-19-26(60-58-56-42)21-31(34(24)36)65(53,54)55/h4-5,7,9-13,19-22H,6,8,14-18H2,1-3H3,(H5-,42,43,44,45,46,47,48,49,50,51,52,53,54,55)/p-5. The summed E-state index contributed by atoms with van der Waals surface area (Å²) in [4.78, 5) is 0.425. The third-order valence-corrected chi connectivity index (χ3v) is 15.9. The maximum Gasteiger partial charge on any atom is 0.210 e. The van der Waals surface area contributed by atoms with E-state index in [0.29, 0.717) is 88.2 Å². The second kappa shape index (κ2) is 18.0. The Hall–Kier alpha value is -3.81. The Kier molecular flexibility index (Phi) is 13.6. The van der Waals surface area contributed by atoms with E-state index in [1.54, 1.807) is 59.8 Å². The molecule has 350 valence electrons. The van der Waals surface area contributed by atoms with E-state index < -0.39 is 72.6 Å². The average Bonchev–Trinajstić information content (AvgIpc) is 3.60. The summed E-state index contributed by atoms with van der Waals surface area (Å²) >= 11 is 0.737. The third-order valence-electron chi connectivity index (χ3n) is 11.6. The lowest BCUT2D eigenvalue weighted by Crippen LogP contribution is -2.38. The van der Waals surface area contributed by atoms with Crippen molar-refractivity contribution in [2.45, 2.75) is 70.4 Å². The second-order valence-electron chi connectivity index (χ2n) is 15.9. The molecule has 1 atom stereocenters.